The van der Waals surface area contributed by atoms with Crippen molar-refractivity contribution in [1.82, 2.24) is 0 Å². The van der Waals surface area contributed by atoms with Crippen LogP contribution in [0.1, 0.15) is 6.42 Å². The molecule has 0 amide bonds. The number of rotatable bonds is 2. The minimum atomic E-state index is -0.591. The third kappa shape index (κ3) is 1.99. The Kier molecular flexibility index (Phi) is 2.68. The van der Waals surface area contributed by atoms with Gasteiger partial charge in [0.2, 0.25) is 0 Å². The molecule has 80 valence electrons. The van der Waals surface area contributed by atoms with Crippen molar-refractivity contribution >= 4 is 23.3 Å². The van der Waals surface area contributed by atoms with Gasteiger partial charge in [0, 0.05) is 6.42 Å². The number of esters is 1. The summed E-state index contributed by atoms with van der Waals surface area (Å²) < 4.78 is 10.2. The largest absolute Gasteiger partial charge is 0.475 e. The van der Waals surface area contributed by atoms with Crippen LogP contribution < -0.4 is 10.5 Å². The maximum atomic E-state index is 11.2. The molecule has 2 rings (SSSR count). The SMILES string of the molecule is Nc1cccc(Cl)c1OC1CCOC1=O. The fraction of sp³-hybridized carbons (Fsp3) is 0.300. The van der Waals surface area contributed by atoms with Crippen molar-refractivity contribution in [2.24, 2.45) is 0 Å². The van der Waals surface area contributed by atoms with E-state index < -0.39 is 6.10 Å². The highest BCUT2D eigenvalue weighted by molar-refractivity contribution is 6.32. The summed E-state index contributed by atoms with van der Waals surface area (Å²) in [7, 11) is 0. The lowest BCUT2D eigenvalue weighted by atomic mass is 10.2. The molecule has 1 unspecified atom stereocenters. The fourth-order valence-electron chi connectivity index (χ4n) is 1.38. The van der Waals surface area contributed by atoms with E-state index >= 15 is 0 Å². The summed E-state index contributed by atoms with van der Waals surface area (Å²) >= 11 is 5.90. The number of ether oxygens (including phenoxy) is 2. The molecule has 0 radical (unpaired) electrons. The van der Waals surface area contributed by atoms with Crippen LogP contribution in [0.2, 0.25) is 5.02 Å². The zero-order valence-electron chi connectivity index (χ0n) is 7.90. The highest BCUT2D eigenvalue weighted by Gasteiger charge is 2.29. The minimum Gasteiger partial charge on any atom is -0.475 e. The van der Waals surface area contributed by atoms with Gasteiger partial charge in [-0.2, -0.15) is 0 Å². The predicted octanol–water partition coefficient (Wildman–Crippen LogP) is 1.62. The number of cyclic esters (lactones) is 1. The number of anilines is 1. The Morgan fingerprint density at radius 1 is 1.53 bits per heavy atom. The summed E-state index contributed by atoms with van der Waals surface area (Å²) in [6.07, 6.45) is -0.0593. The molecule has 1 fully saturated rings. The van der Waals surface area contributed by atoms with E-state index in [0.717, 1.165) is 0 Å². The second-order valence-electron chi connectivity index (χ2n) is 3.22. The molecule has 4 nitrogen and oxygen atoms in total. The second-order valence-corrected chi connectivity index (χ2v) is 3.63. The number of nitrogen functional groups attached to an aromatic ring is 1. The van der Waals surface area contributed by atoms with E-state index in [1.807, 2.05) is 0 Å². The second kappa shape index (κ2) is 3.98. The first-order valence-electron chi connectivity index (χ1n) is 4.56. The van der Waals surface area contributed by atoms with E-state index in [-0.39, 0.29) is 5.97 Å². The summed E-state index contributed by atoms with van der Waals surface area (Å²) in [6, 6.07) is 5.05. The molecule has 1 aliphatic heterocycles. The van der Waals surface area contributed by atoms with Gasteiger partial charge in [-0.25, -0.2) is 4.79 Å². The molecule has 0 saturated carbocycles. The number of halogens is 1. The number of hydrogen-bond acceptors (Lipinski definition) is 4. The summed E-state index contributed by atoms with van der Waals surface area (Å²) in [6.45, 7) is 0.383. The molecular formula is C10H10ClNO3. The molecule has 5 heteroatoms. The van der Waals surface area contributed by atoms with Crippen molar-refractivity contribution in [2.75, 3.05) is 12.3 Å². The zero-order valence-corrected chi connectivity index (χ0v) is 8.66. The van der Waals surface area contributed by atoms with Crippen molar-refractivity contribution in [3.63, 3.8) is 0 Å². The van der Waals surface area contributed by atoms with Gasteiger partial charge in [-0.1, -0.05) is 17.7 Å². The lowest BCUT2D eigenvalue weighted by Crippen LogP contribution is -2.22. The third-order valence-electron chi connectivity index (χ3n) is 2.14. The highest BCUT2D eigenvalue weighted by atomic mass is 35.5. The fourth-order valence-corrected chi connectivity index (χ4v) is 1.60. The van der Waals surface area contributed by atoms with Gasteiger partial charge in [0.1, 0.15) is 0 Å². The van der Waals surface area contributed by atoms with E-state index in [0.29, 0.717) is 29.5 Å². The van der Waals surface area contributed by atoms with E-state index in [1.165, 1.54) is 0 Å². The maximum Gasteiger partial charge on any atom is 0.347 e. The number of nitrogens with two attached hydrogens (primary N) is 1. The first-order chi connectivity index (χ1) is 7.18. The minimum absolute atomic E-state index is 0.350. The molecule has 0 bridgehead atoms. The maximum absolute atomic E-state index is 11.2. The van der Waals surface area contributed by atoms with Crippen molar-refractivity contribution in [3.8, 4) is 5.75 Å². The van der Waals surface area contributed by atoms with Gasteiger partial charge in [0.25, 0.3) is 0 Å². The number of carbonyl (C=O) groups is 1. The average Bonchev–Trinajstić information content (AvgIpc) is 2.58. The first kappa shape index (κ1) is 10.1. The Hall–Kier alpha value is -1.42. The third-order valence-corrected chi connectivity index (χ3v) is 2.44. The lowest BCUT2D eigenvalue weighted by Gasteiger charge is -2.13. The van der Waals surface area contributed by atoms with E-state index in [4.69, 9.17) is 26.8 Å². The molecule has 15 heavy (non-hydrogen) atoms. The molecule has 1 heterocycles. The van der Waals surface area contributed by atoms with Gasteiger partial charge in [0.05, 0.1) is 17.3 Å². The summed E-state index contributed by atoms with van der Waals surface area (Å²) in [5.74, 6) is -0.0164. The van der Waals surface area contributed by atoms with Gasteiger partial charge in [-0.15, -0.1) is 0 Å². The van der Waals surface area contributed by atoms with Crippen LogP contribution in [-0.2, 0) is 9.53 Å². The highest BCUT2D eigenvalue weighted by Crippen LogP contribution is 2.32. The first-order valence-corrected chi connectivity index (χ1v) is 4.93. The topological polar surface area (TPSA) is 61.6 Å². The predicted molar refractivity (Wildman–Crippen MR) is 55.9 cm³/mol. The van der Waals surface area contributed by atoms with Gasteiger partial charge >= 0.3 is 5.97 Å². The van der Waals surface area contributed by atoms with Gasteiger partial charge < -0.3 is 15.2 Å². The molecule has 1 aromatic rings. The molecule has 1 aliphatic rings. The van der Waals surface area contributed by atoms with Crippen LogP contribution in [0.3, 0.4) is 0 Å². The number of hydrogen-bond donors (Lipinski definition) is 1. The Bertz CT molecular complexity index is 374. The smallest absolute Gasteiger partial charge is 0.347 e. The lowest BCUT2D eigenvalue weighted by molar-refractivity contribution is -0.143. The Balaban J connectivity index is 2.20. The van der Waals surface area contributed by atoms with Crippen molar-refractivity contribution in [3.05, 3.63) is 23.2 Å². The monoisotopic (exact) mass is 227 g/mol. The summed E-state index contributed by atoms with van der Waals surface area (Å²) in [5, 5.41) is 0.398. The van der Waals surface area contributed by atoms with E-state index in [1.54, 1.807) is 18.2 Å². The van der Waals surface area contributed by atoms with Crippen LogP contribution in [0, 0.1) is 0 Å². The Labute approximate surface area is 91.9 Å². The van der Waals surface area contributed by atoms with Gasteiger partial charge in [0.15, 0.2) is 11.9 Å². The van der Waals surface area contributed by atoms with Gasteiger partial charge in [-0.05, 0) is 12.1 Å². The molecule has 0 aromatic heterocycles. The number of benzene rings is 1. The van der Waals surface area contributed by atoms with Crippen LogP contribution in [0.25, 0.3) is 0 Å². The van der Waals surface area contributed by atoms with Crippen LogP contribution in [-0.4, -0.2) is 18.7 Å². The van der Waals surface area contributed by atoms with Crippen LogP contribution in [0.15, 0.2) is 18.2 Å². The normalized spacial score (nSPS) is 20.1. The zero-order chi connectivity index (χ0) is 10.8. The molecule has 2 N–H and O–H groups in total. The number of para-hydroxylation sites is 1. The van der Waals surface area contributed by atoms with Gasteiger partial charge in [-0.3, -0.25) is 0 Å². The molecule has 0 spiro atoms. The Morgan fingerprint density at radius 3 is 2.93 bits per heavy atom. The summed E-state index contributed by atoms with van der Waals surface area (Å²) in [4.78, 5) is 11.2. The molecule has 0 aliphatic carbocycles. The average molecular weight is 228 g/mol. The molecule has 1 saturated heterocycles. The van der Waals surface area contributed by atoms with E-state index in [2.05, 4.69) is 0 Å². The van der Waals surface area contributed by atoms with Crippen molar-refractivity contribution in [1.29, 1.82) is 0 Å². The van der Waals surface area contributed by atoms with E-state index in [9.17, 15) is 4.79 Å². The number of carbonyl (C=O) groups excluding carboxylic acids is 1. The van der Waals surface area contributed by atoms with Crippen molar-refractivity contribution < 1.29 is 14.3 Å². The molecule has 1 aromatic carbocycles. The Morgan fingerprint density at radius 2 is 2.33 bits per heavy atom. The van der Waals surface area contributed by atoms with Crippen LogP contribution in [0.5, 0.6) is 5.75 Å². The van der Waals surface area contributed by atoms with Crippen LogP contribution in [0.4, 0.5) is 5.69 Å². The van der Waals surface area contributed by atoms with Crippen molar-refractivity contribution in [2.45, 2.75) is 12.5 Å². The quantitative estimate of drug-likeness (QED) is 0.616. The van der Waals surface area contributed by atoms with Crippen LogP contribution >= 0.6 is 11.6 Å². The molecular weight excluding hydrogens is 218 g/mol. The summed E-state index contributed by atoms with van der Waals surface area (Å²) in [5.41, 5.74) is 6.10. The standard InChI is InChI=1S/C10H10ClNO3/c11-6-2-1-3-7(12)9(6)15-8-4-5-14-10(8)13/h1-3,8H,4-5,12H2. The molecule has 1 atom stereocenters.